The number of amides is 1. The van der Waals surface area contributed by atoms with Gasteiger partial charge in [0.05, 0.1) is 17.1 Å². The van der Waals surface area contributed by atoms with Gasteiger partial charge in [-0.3, -0.25) is 9.59 Å². The Labute approximate surface area is 141 Å². The van der Waals surface area contributed by atoms with Gasteiger partial charge in [-0.25, -0.2) is 9.67 Å². The maximum Gasteiger partial charge on any atom is 0.323 e. The molecular formula is C17H24N4O3. The molecule has 1 amide bonds. The van der Waals surface area contributed by atoms with Crippen LogP contribution < -0.4 is 0 Å². The summed E-state index contributed by atoms with van der Waals surface area (Å²) >= 11 is 0. The van der Waals surface area contributed by atoms with E-state index in [1.807, 2.05) is 34.6 Å². The molecule has 130 valence electrons. The van der Waals surface area contributed by atoms with Crippen molar-refractivity contribution in [1.82, 2.24) is 19.7 Å². The van der Waals surface area contributed by atoms with Crippen LogP contribution in [0.1, 0.15) is 56.2 Å². The topological polar surface area (TPSA) is 88.3 Å². The molecule has 0 radical (unpaired) electrons. The number of fused-ring (bicyclic) bond motifs is 1. The number of aliphatic carboxylic acids is 1. The number of nitrogens with zero attached hydrogens (tertiary/aromatic N) is 4. The molecular weight excluding hydrogens is 308 g/mol. The molecule has 2 aromatic heterocycles. The summed E-state index contributed by atoms with van der Waals surface area (Å²) in [6.07, 6.45) is 2.31. The standard InChI is InChI=1S/C17H24N4O3/c1-6-12(5)20(9-15(22)23)17(24)13-7-11(4)19-16-14(13)8-18-21(16)10(2)3/h7-8,10,12H,6,9H2,1-5H3,(H,22,23). The van der Waals surface area contributed by atoms with Crippen LogP contribution in [0.2, 0.25) is 0 Å². The highest BCUT2D eigenvalue weighted by atomic mass is 16.4. The fourth-order valence-corrected chi connectivity index (χ4v) is 2.65. The molecule has 7 heteroatoms. The Bertz CT molecular complexity index is 767. The zero-order valence-corrected chi connectivity index (χ0v) is 14.8. The minimum atomic E-state index is -1.02. The molecule has 0 saturated heterocycles. The average Bonchev–Trinajstić information content (AvgIpc) is 2.94. The maximum atomic E-state index is 13.0. The number of carboxylic acid groups (broad SMARTS) is 1. The molecule has 1 N–H and O–H groups in total. The predicted octanol–water partition coefficient (Wildman–Crippen LogP) is 2.65. The van der Waals surface area contributed by atoms with Crippen molar-refractivity contribution in [1.29, 1.82) is 0 Å². The minimum Gasteiger partial charge on any atom is -0.480 e. The van der Waals surface area contributed by atoms with Crippen molar-refractivity contribution in [3.8, 4) is 0 Å². The molecule has 0 fully saturated rings. The Balaban J connectivity index is 2.57. The van der Waals surface area contributed by atoms with Crippen LogP contribution in [0.5, 0.6) is 0 Å². The van der Waals surface area contributed by atoms with Crippen LogP contribution >= 0.6 is 0 Å². The fraction of sp³-hybridized carbons (Fsp3) is 0.529. The van der Waals surface area contributed by atoms with Gasteiger partial charge in [0.1, 0.15) is 6.54 Å². The lowest BCUT2D eigenvalue weighted by Gasteiger charge is -2.27. The fourth-order valence-electron chi connectivity index (χ4n) is 2.65. The Morgan fingerprint density at radius 1 is 1.33 bits per heavy atom. The first-order valence-corrected chi connectivity index (χ1v) is 8.13. The van der Waals surface area contributed by atoms with Gasteiger partial charge in [-0.2, -0.15) is 5.10 Å². The molecule has 0 aliphatic heterocycles. The first kappa shape index (κ1) is 17.9. The molecule has 0 aliphatic carbocycles. The molecule has 2 heterocycles. The Hall–Kier alpha value is -2.44. The number of rotatable bonds is 6. The number of carboxylic acids is 1. The molecule has 24 heavy (non-hydrogen) atoms. The molecule has 2 aromatic rings. The summed E-state index contributed by atoms with van der Waals surface area (Å²) in [5, 5.41) is 14.1. The van der Waals surface area contributed by atoms with E-state index >= 15 is 0 Å². The van der Waals surface area contributed by atoms with E-state index in [0.717, 1.165) is 0 Å². The largest absolute Gasteiger partial charge is 0.480 e. The van der Waals surface area contributed by atoms with Crippen LogP contribution in [-0.2, 0) is 4.79 Å². The monoisotopic (exact) mass is 332 g/mol. The molecule has 1 atom stereocenters. The van der Waals surface area contributed by atoms with Crippen LogP contribution in [0.25, 0.3) is 11.0 Å². The van der Waals surface area contributed by atoms with Gasteiger partial charge in [0.25, 0.3) is 5.91 Å². The average molecular weight is 332 g/mol. The number of carbonyl (C=O) groups is 2. The second kappa shape index (κ2) is 6.98. The smallest absolute Gasteiger partial charge is 0.323 e. The quantitative estimate of drug-likeness (QED) is 0.878. The lowest BCUT2D eigenvalue weighted by atomic mass is 10.1. The Morgan fingerprint density at radius 2 is 2.00 bits per heavy atom. The lowest BCUT2D eigenvalue weighted by molar-refractivity contribution is -0.138. The van der Waals surface area contributed by atoms with Crippen LogP contribution in [-0.4, -0.2) is 49.2 Å². The molecule has 0 bridgehead atoms. The lowest BCUT2D eigenvalue weighted by Crippen LogP contribution is -2.42. The third kappa shape index (κ3) is 3.39. The molecule has 1 unspecified atom stereocenters. The minimum absolute atomic E-state index is 0.115. The Kier molecular flexibility index (Phi) is 5.21. The van der Waals surface area contributed by atoms with Gasteiger partial charge < -0.3 is 10.0 Å². The summed E-state index contributed by atoms with van der Waals surface area (Å²) in [5.74, 6) is -1.32. The third-order valence-electron chi connectivity index (χ3n) is 4.10. The second-order valence-electron chi connectivity index (χ2n) is 6.32. The van der Waals surface area contributed by atoms with Gasteiger partial charge in [-0.05, 0) is 40.2 Å². The van der Waals surface area contributed by atoms with Crippen LogP contribution in [0.15, 0.2) is 12.3 Å². The summed E-state index contributed by atoms with van der Waals surface area (Å²) in [7, 11) is 0. The first-order valence-electron chi connectivity index (χ1n) is 8.13. The maximum absolute atomic E-state index is 13.0. The van der Waals surface area contributed by atoms with Crippen molar-refractivity contribution in [3.05, 3.63) is 23.5 Å². The summed E-state index contributed by atoms with van der Waals surface area (Å²) in [5.41, 5.74) is 1.80. The van der Waals surface area contributed by atoms with Gasteiger partial charge in [-0.1, -0.05) is 6.92 Å². The van der Waals surface area contributed by atoms with Crippen molar-refractivity contribution in [2.45, 2.75) is 53.1 Å². The number of hydrogen-bond acceptors (Lipinski definition) is 4. The Morgan fingerprint density at radius 3 is 2.54 bits per heavy atom. The van der Waals surface area contributed by atoms with Crippen LogP contribution in [0, 0.1) is 6.92 Å². The van der Waals surface area contributed by atoms with E-state index in [2.05, 4.69) is 10.1 Å². The highest BCUT2D eigenvalue weighted by Gasteiger charge is 2.26. The van der Waals surface area contributed by atoms with E-state index in [1.165, 1.54) is 4.90 Å². The SMILES string of the molecule is CCC(C)N(CC(=O)O)C(=O)c1cc(C)nc2c1cnn2C(C)C. The predicted molar refractivity (Wildman–Crippen MR) is 91.1 cm³/mol. The molecule has 0 aliphatic rings. The highest BCUT2D eigenvalue weighted by molar-refractivity contribution is 6.06. The van der Waals surface area contributed by atoms with E-state index in [9.17, 15) is 9.59 Å². The van der Waals surface area contributed by atoms with Crippen LogP contribution in [0.3, 0.4) is 0 Å². The van der Waals surface area contributed by atoms with Gasteiger partial charge >= 0.3 is 5.97 Å². The van der Waals surface area contributed by atoms with E-state index in [0.29, 0.717) is 28.7 Å². The van der Waals surface area contributed by atoms with Gasteiger partial charge in [0.15, 0.2) is 5.65 Å². The zero-order valence-electron chi connectivity index (χ0n) is 14.8. The molecule has 7 nitrogen and oxygen atoms in total. The number of carbonyl (C=O) groups excluding carboxylic acids is 1. The van der Waals surface area contributed by atoms with Gasteiger partial charge in [0, 0.05) is 17.8 Å². The number of hydrogen-bond donors (Lipinski definition) is 1. The number of aryl methyl sites for hydroxylation is 1. The van der Waals surface area contributed by atoms with Crippen molar-refractivity contribution in [3.63, 3.8) is 0 Å². The molecule has 2 rings (SSSR count). The third-order valence-corrected chi connectivity index (χ3v) is 4.10. The molecule has 0 saturated carbocycles. The van der Waals surface area contributed by atoms with Crippen LogP contribution in [0.4, 0.5) is 0 Å². The van der Waals surface area contributed by atoms with E-state index in [-0.39, 0.29) is 24.5 Å². The normalized spacial score (nSPS) is 12.6. The number of pyridine rings is 1. The summed E-state index contributed by atoms with van der Waals surface area (Å²) in [4.78, 5) is 30.1. The van der Waals surface area contributed by atoms with E-state index in [4.69, 9.17) is 5.11 Å². The van der Waals surface area contributed by atoms with E-state index in [1.54, 1.807) is 16.9 Å². The van der Waals surface area contributed by atoms with Crippen molar-refractivity contribution < 1.29 is 14.7 Å². The van der Waals surface area contributed by atoms with Crippen molar-refractivity contribution in [2.24, 2.45) is 0 Å². The summed E-state index contributed by atoms with van der Waals surface area (Å²) in [6, 6.07) is 1.65. The van der Waals surface area contributed by atoms with Crippen molar-refractivity contribution >= 4 is 22.9 Å². The first-order chi connectivity index (χ1) is 11.3. The summed E-state index contributed by atoms with van der Waals surface area (Å²) < 4.78 is 1.77. The zero-order chi connectivity index (χ0) is 18.0. The number of aromatic nitrogens is 3. The van der Waals surface area contributed by atoms with Crippen molar-refractivity contribution in [2.75, 3.05) is 6.54 Å². The second-order valence-corrected chi connectivity index (χ2v) is 6.32. The van der Waals surface area contributed by atoms with Gasteiger partial charge in [0.2, 0.25) is 0 Å². The van der Waals surface area contributed by atoms with E-state index < -0.39 is 5.97 Å². The highest BCUT2D eigenvalue weighted by Crippen LogP contribution is 2.23. The molecule has 0 aromatic carbocycles. The molecule has 0 spiro atoms. The summed E-state index contributed by atoms with van der Waals surface area (Å²) in [6.45, 7) is 9.26. The van der Waals surface area contributed by atoms with Gasteiger partial charge in [-0.15, -0.1) is 0 Å².